The van der Waals surface area contributed by atoms with Gasteiger partial charge in [0.15, 0.2) is 0 Å². The maximum atomic E-state index is 3.47. The first kappa shape index (κ1) is 13.3. The third kappa shape index (κ3) is 3.35. The van der Waals surface area contributed by atoms with Crippen molar-refractivity contribution >= 4 is 26.8 Å². The molecule has 0 saturated heterocycles. The predicted octanol–water partition coefficient (Wildman–Crippen LogP) is 3.65. The number of halogens is 1. The standard InChI is InChI=1S/C11H12BrN.C2H7N/c1-2-6-13-7-5-9-8-10(12)3-4-11(9)13;1-3-2/h3-5,7-8H,2,6H2,1H3;3H,1-2H3. The second-order valence-electron chi connectivity index (χ2n) is 3.71. The van der Waals surface area contributed by atoms with Crippen molar-refractivity contribution in [3.05, 3.63) is 34.9 Å². The third-order valence-corrected chi connectivity index (χ3v) is 2.69. The van der Waals surface area contributed by atoms with E-state index >= 15 is 0 Å². The SMILES string of the molecule is CCCn1ccc2cc(Br)ccc21.CNC. The molecule has 1 heterocycles. The molecule has 2 rings (SSSR count). The lowest BCUT2D eigenvalue weighted by atomic mass is 10.2. The Morgan fingerprint density at radius 3 is 2.56 bits per heavy atom. The van der Waals surface area contributed by atoms with Gasteiger partial charge in [-0.2, -0.15) is 0 Å². The number of fused-ring (bicyclic) bond motifs is 1. The summed E-state index contributed by atoms with van der Waals surface area (Å²) in [5.41, 5.74) is 1.32. The molecule has 0 bridgehead atoms. The second kappa shape index (κ2) is 6.71. The van der Waals surface area contributed by atoms with Gasteiger partial charge in [-0.05, 0) is 44.8 Å². The summed E-state index contributed by atoms with van der Waals surface area (Å²) in [4.78, 5) is 0. The van der Waals surface area contributed by atoms with Gasteiger partial charge in [0.05, 0.1) is 0 Å². The van der Waals surface area contributed by atoms with E-state index in [-0.39, 0.29) is 0 Å². The summed E-state index contributed by atoms with van der Waals surface area (Å²) in [5, 5.41) is 4.06. The highest BCUT2D eigenvalue weighted by atomic mass is 79.9. The lowest BCUT2D eigenvalue weighted by molar-refractivity contribution is 0.703. The lowest BCUT2D eigenvalue weighted by Gasteiger charge is -2.02. The van der Waals surface area contributed by atoms with E-state index in [0.717, 1.165) is 11.0 Å². The zero-order valence-electron chi connectivity index (χ0n) is 10.1. The molecule has 88 valence electrons. The van der Waals surface area contributed by atoms with Gasteiger partial charge in [0, 0.05) is 28.1 Å². The van der Waals surface area contributed by atoms with E-state index in [9.17, 15) is 0 Å². The molecular formula is C13H19BrN2. The molecule has 0 atom stereocenters. The lowest BCUT2D eigenvalue weighted by Crippen LogP contribution is -1.93. The molecule has 16 heavy (non-hydrogen) atoms. The number of hydrogen-bond donors (Lipinski definition) is 1. The summed E-state index contributed by atoms with van der Waals surface area (Å²) >= 11 is 3.47. The Balaban J connectivity index is 0.000000386. The van der Waals surface area contributed by atoms with Crippen LogP contribution in [0.25, 0.3) is 10.9 Å². The summed E-state index contributed by atoms with van der Waals surface area (Å²) in [5.74, 6) is 0. The van der Waals surface area contributed by atoms with Gasteiger partial charge in [0.1, 0.15) is 0 Å². The Hall–Kier alpha value is -0.800. The average molecular weight is 283 g/mol. The molecule has 0 aliphatic heterocycles. The third-order valence-electron chi connectivity index (χ3n) is 2.20. The molecule has 0 fully saturated rings. The number of aryl methyl sites for hydroxylation is 1. The van der Waals surface area contributed by atoms with E-state index in [0.29, 0.717) is 0 Å². The smallest absolute Gasteiger partial charge is 0.0481 e. The minimum atomic E-state index is 1.10. The first-order valence-electron chi connectivity index (χ1n) is 5.55. The summed E-state index contributed by atoms with van der Waals surface area (Å²) in [7, 11) is 3.75. The first-order valence-corrected chi connectivity index (χ1v) is 6.35. The van der Waals surface area contributed by atoms with Crippen LogP contribution in [0.4, 0.5) is 0 Å². The highest BCUT2D eigenvalue weighted by Crippen LogP contribution is 2.20. The van der Waals surface area contributed by atoms with Crippen molar-refractivity contribution in [2.75, 3.05) is 14.1 Å². The zero-order valence-corrected chi connectivity index (χ0v) is 11.7. The summed E-state index contributed by atoms with van der Waals surface area (Å²) in [6.07, 6.45) is 3.33. The Morgan fingerprint density at radius 1 is 1.25 bits per heavy atom. The minimum Gasteiger partial charge on any atom is -0.347 e. The normalized spacial score (nSPS) is 10.0. The Morgan fingerprint density at radius 2 is 1.94 bits per heavy atom. The van der Waals surface area contributed by atoms with Crippen LogP contribution in [0.1, 0.15) is 13.3 Å². The molecule has 2 aromatic rings. The minimum absolute atomic E-state index is 1.10. The van der Waals surface area contributed by atoms with Crippen LogP contribution in [-0.4, -0.2) is 18.7 Å². The van der Waals surface area contributed by atoms with E-state index in [1.165, 1.54) is 17.3 Å². The first-order chi connectivity index (χ1) is 7.72. The van der Waals surface area contributed by atoms with Crippen molar-refractivity contribution in [2.45, 2.75) is 19.9 Å². The van der Waals surface area contributed by atoms with Crippen molar-refractivity contribution in [1.82, 2.24) is 9.88 Å². The summed E-state index contributed by atoms with van der Waals surface area (Å²) < 4.78 is 3.44. The summed E-state index contributed by atoms with van der Waals surface area (Å²) in [6, 6.07) is 8.57. The molecule has 0 saturated carbocycles. The second-order valence-corrected chi connectivity index (χ2v) is 4.63. The molecular weight excluding hydrogens is 264 g/mol. The van der Waals surface area contributed by atoms with Gasteiger partial charge < -0.3 is 9.88 Å². The number of aromatic nitrogens is 1. The van der Waals surface area contributed by atoms with Gasteiger partial charge in [-0.3, -0.25) is 0 Å². The van der Waals surface area contributed by atoms with Crippen LogP contribution >= 0.6 is 15.9 Å². The largest absolute Gasteiger partial charge is 0.347 e. The fourth-order valence-electron chi connectivity index (χ4n) is 1.61. The monoisotopic (exact) mass is 282 g/mol. The van der Waals surface area contributed by atoms with Crippen molar-refractivity contribution in [3.63, 3.8) is 0 Å². The maximum Gasteiger partial charge on any atom is 0.0481 e. The van der Waals surface area contributed by atoms with Gasteiger partial charge in [0.2, 0.25) is 0 Å². The highest BCUT2D eigenvalue weighted by molar-refractivity contribution is 9.10. The van der Waals surface area contributed by atoms with Crippen LogP contribution in [0.2, 0.25) is 0 Å². The van der Waals surface area contributed by atoms with Gasteiger partial charge >= 0.3 is 0 Å². The van der Waals surface area contributed by atoms with Gasteiger partial charge in [-0.25, -0.2) is 0 Å². The maximum absolute atomic E-state index is 3.47. The molecule has 0 amide bonds. The van der Waals surface area contributed by atoms with Gasteiger partial charge in [-0.15, -0.1) is 0 Å². The van der Waals surface area contributed by atoms with Crippen molar-refractivity contribution in [1.29, 1.82) is 0 Å². The Bertz CT molecular complexity index is 434. The van der Waals surface area contributed by atoms with E-state index in [2.05, 4.69) is 63.2 Å². The number of rotatable bonds is 2. The van der Waals surface area contributed by atoms with Crippen molar-refractivity contribution in [3.8, 4) is 0 Å². The fourth-order valence-corrected chi connectivity index (χ4v) is 1.99. The van der Waals surface area contributed by atoms with E-state index < -0.39 is 0 Å². The Labute approximate surface area is 106 Å². The molecule has 0 aliphatic rings. The number of nitrogens with one attached hydrogen (secondary N) is 1. The van der Waals surface area contributed by atoms with Crippen molar-refractivity contribution in [2.24, 2.45) is 0 Å². The van der Waals surface area contributed by atoms with Crippen LogP contribution in [0.3, 0.4) is 0 Å². The zero-order chi connectivity index (χ0) is 12.0. The van der Waals surface area contributed by atoms with Crippen LogP contribution in [0.15, 0.2) is 34.9 Å². The van der Waals surface area contributed by atoms with Crippen LogP contribution in [-0.2, 0) is 6.54 Å². The molecule has 0 radical (unpaired) electrons. The number of hydrogen-bond acceptors (Lipinski definition) is 1. The van der Waals surface area contributed by atoms with Crippen LogP contribution in [0.5, 0.6) is 0 Å². The van der Waals surface area contributed by atoms with Gasteiger partial charge in [-0.1, -0.05) is 22.9 Å². The van der Waals surface area contributed by atoms with E-state index in [1.54, 1.807) is 0 Å². The highest BCUT2D eigenvalue weighted by Gasteiger charge is 1.99. The molecule has 0 unspecified atom stereocenters. The molecule has 2 nitrogen and oxygen atoms in total. The summed E-state index contributed by atoms with van der Waals surface area (Å²) in [6.45, 7) is 3.30. The number of benzene rings is 1. The molecule has 0 spiro atoms. The van der Waals surface area contributed by atoms with E-state index in [1.807, 2.05) is 14.1 Å². The predicted molar refractivity (Wildman–Crippen MR) is 74.9 cm³/mol. The van der Waals surface area contributed by atoms with Crippen LogP contribution < -0.4 is 5.32 Å². The van der Waals surface area contributed by atoms with Crippen molar-refractivity contribution < 1.29 is 0 Å². The molecule has 1 aromatic carbocycles. The molecule has 1 N–H and O–H groups in total. The quantitative estimate of drug-likeness (QED) is 0.890. The molecule has 1 aromatic heterocycles. The molecule has 0 aliphatic carbocycles. The fraction of sp³-hybridized carbons (Fsp3) is 0.385. The van der Waals surface area contributed by atoms with Crippen LogP contribution in [0, 0.1) is 0 Å². The van der Waals surface area contributed by atoms with E-state index in [4.69, 9.17) is 0 Å². The molecule has 3 heteroatoms. The Kier molecular flexibility index (Phi) is 5.56. The average Bonchev–Trinajstić information content (AvgIpc) is 2.62. The number of nitrogens with zero attached hydrogens (tertiary/aromatic N) is 1. The van der Waals surface area contributed by atoms with Gasteiger partial charge in [0.25, 0.3) is 0 Å². The topological polar surface area (TPSA) is 17.0 Å².